The molecule has 3 heterocycles. The second-order valence-corrected chi connectivity index (χ2v) is 10.4. The molecule has 0 radical (unpaired) electrons. The van der Waals surface area contributed by atoms with Crippen LogP contribution in [-0.4, -0.2) is 27.0 Å². The van der Waals surface area contributed by atoms with E-state index < -0.39 is 0 Å². The first-order chi connectivity index (χ1) is 20.2. The molecule has 1 unspecified atom stereocenters. The topological polar surface area (TPSA) is 81.1 Å². The van der Waals surface area contributed by atoms with Crippen LogP contribution >= 0.6 is 11.6 Å². The first-order valence-corrected chi connectivity index (χ1v) is 14.0. The van der Waals surface area contributed by atoms with Crippen LogP contribution < -0.4 is 15.4 Å². The van der Waals surface area contributed by atoms with E-state index in [2.05, 4.69) is 49.4 Å². The van der Waals surface area contributed by atoms with Gasteiger partial charge in [-0.2, -0.15) is 0 Å². The van der Waals surface area contributed by atoms with Crippen molar-refractivity contribution < 1.29 is 9.53 Å². The second kappa shape index (κ2) is 12.4. The zero-order valence-electron chi connectivity index (χ0n) is 22.5. The zero-order valence-corrected chi connectivity index (χ0v) is 23.2. The van der Waals surface area contributed by atoms with Crippen molar-refractivity contribution in [1.82, 2.24) is 25.2 Å². The molecule has 0 aliphatic carbocycles. The van der Waals surface area contributed by atoms with Gasteiger partial charge in [-0.3, -0.25) is 9.78 Å². The minimum atomic E-state index is -0.155. The van der Waals surface area contributed by atoms with Crippen molar-refractivity contribution in [3.8, 4) is 16.9 Å². The molecule has 1 aliphatic rings. The summed E-state index contributed by atoms with van der Waals surface area (Å²) in [6.45, 7) is 2.32. The molecule has 0 spiro atoms. The molecule has 3 aromatic carbocycles. The molecule has 41 heavy (non-hydrogen) atoms. The third-order valence-electron chi connectivity index (χ3n) is 7.34. The summed E-state index contributed by atoms with van der Waals surface area (Å²) in [6.07, 6.45) is 8.01. The summed E-state index contributed by atoms with van der Waals surface area (Å²) in [4.78, 5) is 21.5. The molecule has 8 heteroatoms. The van der Waals surface area contributed by atoms with Crippen molar-refractivity contribution in [2.24, 2.45) is 0 Å². The molecular weight excluding hydrogens is 534 g/mol. The average molecular weight is 564 g/mol. The number of amides is 1. The molecule has 0 bridgehead atoms. The Morgan fingerprint density at radius 3 is 2.59 bits per heavy atom. The van der Waals surface area contributed by atoms with Gasteiger partial charge in [-0.15, -0.1) is 0 Å². The Morgan fingerprint density at radius 1 is 0.927 bits per heavy atom. The van der Waals surface area contributed by atoms with E-state index in [1.54, 1.807) is 12.4 Å². The molecule has 206 valence electrons. The molecule has 1 atom stereocenters. The quantitative estimate of drug-likeness (QED) is 0.223. The molecule has 7 nitrogen and oxygen atoms in total. The number of hydrogen-bond donors (Lipinski definition) is 2. The number of benzene rings is 3. The zero-order chi connectivity index (χ0) is 28.0. The Morgan fingerprint density at radius 2 is 1.76 bits per heavy atom. The van der Waals surface area contributed by atoms with Crippen molar-refractivity contribution >= 4 is 17.5 Å². The molecule has 0 fully saturated rings. The van der Waals surface area contributed by atoms with Gasteiger partial charge in [0.1, 0.15) is 5.75 Å². The monoisotopic (exact) mass is 563 g/mol. The molecule has 0 saturated heterocycles. The Balaban J connectivity index is 1.11. The molecule has 1 amide bonds. The van der Waals surface area contributed by atoms with Crippen LogP contribution in [-0.2, 0) is 19.6 Å². The fraction of sp³-hybridized carbons (Fsp3) is 0.182. The summed E-state index contributed by atoms with van der Waals surface area (Å²) in [5.74, 6) is 0.494. The van der Waals surface area contributed by atoms with Gasteiger partial charge in [0, 0.05) is 66.8 Å². The summed E-state index contributed by atoms with van der Waals surface area (Å²) in [7, 11) is 0. The molecule has 2 aromatic heterocycles. The van der Waals surface area contributed by atoms with Crippen LogP contribution in [0.3, 0.4) is 0 Å². The summed E-state index contributed by atoms with van der Waals surface area (Å²) in [6, 6.07) is 25.9. The number of nitrogens with one attached hydrogen (secondary N) is 2. The largest absolute Gasteiger partial charge is 0.492 e. The molecule has 0 saturated carbocycles. The Kier molecular flexibility index (Phi) is 8.07. The van der Waals surface area contributed by atoms with Crippen molar-refractivity contribution in [2.75, 3.05) is 6.61 Å². The lowest BCUT2D eigenvalue weighted by Crippen LogP contribution is -2.30. The number of para-hydroxylation sites is 1. The van der Waals surface area contributed by atoms with Crippen molar-refractivity contribution in [3.63, 3.8) is 0 Å². The third kappa shape index (κ3) is 6.16. The highest BCUT2D eigenvalue weighted by Gasteiger charge is 2.26. The van der Waals surface area contributed by atoms with Crippen LogP contribution in [0.5, 0.6) is 5.75 Å². The predicted molar refractivity (Wildman–Crippen MR) is 160 cm³/mol. The number of halogens is 1. The van der Waals surface area contributed by atoms with E-state index in [0.717, 1.165) is 39.4 Å². The van der Waals surface area contributed by atoms with Gasteiger partial charge in [0.05, 0.1) is 24.2 Å². The van der Waals surface area contributed by atoms with Crippen LogP contribution in [0.1, 0.15) is 45.2 Å². The number of imidazole rings is 1. The Hall–Kier alpha value is -4.46. The van der Waals surface area contributed by atoms with E-state index in [9.17, 15) is 4.79 Å². The maximum Gasteiger partial charge on any atom is 0.255 e. The average Bonchev–Trinajstić information content (AvgIpc) is 3.46. The molecule has 5 aromatic rings. The van der Waals surface area contributed by atoms with Crippen LogP contribution in [0.15, 0.2) is 104 Å². The van der Waals surface area contributed by atoms with E-state index in [1.165, 1.54) is 5.56 Å². The number of carbonyl (C=O) groups excluding carboxylic acids is 1. The highest BCUT2D eigenvalue weighted by Crippen LogP contribution is 2.35. The number of carbonyl (C=O) groups is 1. The molecule has 6 rings (SSSR count). The highest BCUT2D eigenvalue weighted by molar-refractivity contribution is 6.33. The highest BCUT2D eigenvalue weighted by atomic mass is 35.5. The number of nitrogens with zero attached hydrogens (tertiary/aromatic N) is 3. The normalized spacial score (nSPS) is 14.2. The Bertz CT molecular complexity index is 1640. The van der Waals surface area contributed by atoms with Crippen LogP contribution in [0.4, 0.5) is 0 Å². The van der Waals surface area contributed by atoms with Crippen molar-refractivity contribution in [2.45, 2.75) is 32.1 Å². The van der Waals surface area contributed by atoms with Gasteiger partial charge in [0.25, 0.3) is 5.91 Å². The standard InChI is InChI=1S/C33H30ClN5O2/c34-30-7-2-1-4-27(30)25-10-8-24(9-11-25)21-39-22-36-19-26(39)20-37-31-14-17-41-32-28(31)5-3-6-29(32)33(40)38-18-23-12-15-35-16-13-23/h1-13,15-16,19,22,31,37H,14,17-18,20-21H2,(H,38,40). The van der Waals surface area contributed by atoms with Gasteiger partial charge < -0.3 is 19.9 Å². The summed E-state index contributed by atoms with van der Waals surface area (Å²) < 4.78 is 8.16. The maximum atomic E-state index is 13.0. The maximum absolute atomic E-state index is 13.0. The van der Waals surface area contributed by atoms with E-state index in [-0.39, 0.29) is 11.9 Å². The fourth-order valence-electron chi connectivity index (χ4n) is 5.14. The lowest BCUT2D eigenvalue weighted by Gasteiger charge is -2.28. The third-order valence-corrected chi connectivity index (χ3v) is 7.67. The SMILES string of the molecule is O=C(NCc1ccncc1)c1cccc2c1OCCC2NCc1cncn1Cc1ccc(-c2ccccc2Cl)cc1. The summed E-state index contributed by atoms with van der Waals surface area (Å²) in [5.41, 5.74) is 6.92. The van der Waals surface area contributed by atoms with Gasteiger partial charge in [-0.1, -0.05) is 66.2 Å². The van der Waals surface area contributed by atoms with Gasteiger partial charge in [0.2, 0.25) is 0 Å². The first-order valence-electron chi connectivity index (χ1n) is 13.6. The van der Waals surface area contributed by atoms with Crippen LogP contribution in [0.2, 0.25) is 5.02 Å². The lowest BCUT2D eigenvalue weighted by molar-refractivity contribution is 0.0945. The second-order valence-electron chi connectivity index (χ2n) is 10.0. The fourth-order valence-corrected chi connectivity index (χ4v) is 5.39. The lowest BCUT2D eigenvalue weighted by atomic mass is 9.97. The van der Waals surface area contributed by atoms with Crippen molar-refractivity contribution in [3.05, 3.63) is 137 Å². The number of fused-ring (bicyclic) bond motifs is 1. The number of rotatable bonds is 9. The van der Waals surface area contributed by atoms with Crippen molar-refractivity contribution in [1.29, 1.82) is 0 Å². The molecule has 2 N–H and O–H groups in total. The minimum Gasteiger partial charge on any atom is -0.492 e. The number of aromatic nitrogens is 3. The van der Waals surface area contributed by atoms with E-state index >= 15 is 0 Å². The van der Waals surface area contributed by atoms with Crippen LogP contribution in [0, 0.1) is 0 Å². The van der Waals surface area contributed by atoms with Gasteiger partial charge >= 0.3 is 0 Å². The molecule has 1 aliphatic heterocycles. The summed E-state index contributed by atoms with van der Waals surface area (Å²) >= 11 is 6.38. The predicted octanol–water partition coefficient (Wildman–Crippen LogP) is 6.19. The first kappa shape index (κ1) is 26.7. The number of pyridine rings is 1. The van der Waals surface area contributed by atoms with E-state index in [4.69, 9.17) is 16.3 Å². The summed E-state index contributed by atoms with van der Waals surface area (Å²) in [5, 5.41) is 7.41. The number of ether oxygens (including phenoxy) is 1. The molecular formula is C33H30ClN5O2. The van der Waals surface area contributed by atoms with Gasteiger partial charge in [0.15, 0.2) is 0 Å². The van der Waals surface area contributed by atoms with Crippen LogP contribution in [0.25, 0.3) is 11.1 Å². The van der Waals surface area contributed by atoms with E-state index in [0.29, 0.717) is 37.6 Å². The smallest absolute Gasteiger partial charge is 0.255 e. The number of hydrogen-bond acceptors (Lipinski definition) is 5. The Labute approximate surface area is 244 Å². The van der Waals surface area contributed by atoms with E-state index in [1.807, 2.05) is 67.1 Å². The minimum absolute atomic E-state index is 0.0601. The van der Waals surface area contributed by atoms with Gasteiger partial charge in [-0.05, 0) is 41.0 Å². The van der Waals surface area contributed by atoms with Gasteiger partial charge in [-0.25, -0.2) is 4.98 Å².